The van der Waals surface area contributed by atoms with Gasteiger partial charge in [0.25, 0.3) is 0 Å². The first-order chi connectivity index (χ1) is 11.7. The van der Waals surface area contributed by atoms with Crippen LogP contribution in [0.4, 0.5) is 5.69 Å². The molecule has 3 aliphatic carbocycles. The molecule has 4 nitrogen and oxygen atoms in total. The van der Waals surface area contributed by atoms with E-state index in [1.807, 2.05) is 42.5 Å². The smallest absolute Gasteiger partial charge is 0.238 e. The quantitative estimate of drug-likeness (QED) is 0.760. The molecule has 2 fully saturated rings. The molecule has 118 valence electrons. The first kappa shape index (κ1) is 13.7. The maximum atomic E-state index is 13.1. The topological polar surface area (TPSA) is 54.5 Å². The number of amides is 2. The molecule has 2 aromatic carbocycles. The number of anilines is 1. The molecule has 2 bridgehead atoms. The van der Waals surface area contributed by atoms with Crippen molar-refractivity contribution in [1.82, 2.24) is 0 Å². The van der Waals surface area contributed by atoms with Crippen molar-refractivity contribution in [3.63, 3.8) is 0 Å². The maximum absolute atomic E-state index is 13.1. The fourth-order valence-corrected chi connectivity index (χ4v) is 4.79. The third-order valence-electron chi connectivity index (χ3n) is 5.70. The molecule has 0 spiro atoms. The van der Waals surface area contributed by atoms with Crippen molar-refractivity contribution in [2.24, 2.45) is 11.8 Å². The summed E-state index contributed by atoms with van der Waals surface area (Å²) in [6, 6.07) is 16.8. The zero-order valence-electron chi connectivity index (χ0n) is 12.9. The van der Waals surface area contributed by atoms with Gasteiger partial charge in [-0.2, -0.15) is 0 Å². The van der Waals surface area contributed by atoms with E-state index in [1.54, 1.807) is 12.1 Å². The fraction of sp³-hybridized carbons (Fsp3) is 0.250. The van der Waals surface area contributed by atoms with Crippen LogP contribution in [0.25, 0.3) is 0 Å². The first-order valence-electron chi connectivity index (χ1n) is 8.23. The van der Waals surface area contributed by atoms with Crippen molar-refractivity contribution >= 4 is 23.3 Å². The summed E-state index contributed by atoms with van der Waals surface area (Å²) in [4.78, 5) is 40.0. The van der Waals surface area contributed by atoms with E-state index < -0.39 is 17.8 Å². The molecule has 0 radical (unpaired) electrons. The van der Waals surface area contributed by atoms with Crippen LogP contribution < -0.4 is 4.90 Å². The summed E-state index contributed by atoms with van der Waals surface area (Å²) >= 11 is 0. The van der Waals surface area contributed by atoms with Gasteiger partial charge in [0.2, 0.25) is 11.8 Å². The van der Waals surface area contributed by atoms with Gasteiger partial charge in [0.15, 0.2) is 0 Å². The Hall–Kier alpha value is -2.75. The Bertz CT molecular complexity index is 889. The molecular weight excluding hydrogens is 302 g/mol. The summed E-state index contributed by atoms with van der Waals surface area (Å²) in [5.41, 5.74) is 2.60. The Kier molecular flexibility index (Phi) is 2.64. The molecule has 24 heavy (non-hydrogen) atoms. The second kappa shape index (κ2) is 4.63. The molecule has 2 aromatic rings. The van der Waals surface area contributed by atoms with Crippen molar-refractivity contribution in [2.45, 2.75) is 18.3 Å². The van der Waals surface area contributed by atoms with Crippen LogP contribution >= 0.6 is 0 Å². The molecule has 4 aliphatic rings. The van der Waals surface area contributed by atoms with E-state index >= 15 is 0 Å². The molecule has 6 rings (SSSR count). The molecule has 1 saturated heterocycles. The lowest BCUT2D eigenvalue weighted by molar-refractivity contribution is -0.134. The van der Waals surface area contributed by atoms with Gasteiger partial charge in [-0.3, -0.25) is 19.3 Å². The molecule has 4 atom stereocenters. The standard InChI is InChI=1S/C20H15NO3/c22-15-10-14-12-8-4-5-9-13(12)16(15)18-17(14)19(23)21(20(18)24)11-6-2-1-3-7-11/h1-9,14,16-18H,10H2/t14-,16+,17+,18-/m0/s1. The SMILES string of the molecule is O=C1C[C@H]2c3ccccc3[C@H]1[C@@H]1C(=O)N(c3ccccc3)C(=O)[C@@H]12. The number of carbonyl (C=O) groups excluding carboxylic acids is 3. The summed E-state index contributed by atoms with van der Waals surface area (Å²) in [6.07, 6.45) is 0.366. The Morgan fingerprint density at radius 3 is 2.12 bits per heavy atom. The van der Waals surface area contributed by atoms with E-state index in [2.05, 4.69) is 0 Å². The summed E-state index contributed by atoms with van der Waals surface area (Å²) in [7, 11) is 0. The number of hydrogen-bond acceptors (Lipinski definition) is 3. The number of carbonyl (C=O) groups is 3. The van der Waals surface area contributed by atoms with Crippen molar-refractivity contribution in [3.8, 4) is 0 Å². The highest BCUT2D eigenvalue weighted by Gasteiger charge is 2.62. The number of nitrogens with zero attached hydrogens (tertiary/aromatic N) is 1. The molecule has 0 N–H and O–H groups in total. The second-order valence-corrected chi connectivity index (χ2v) is 6.78. The molecule has 1 heterocycles. The number of benzene rings is 2. The van der Waals surface area contributed by atoms with Crippen molar-refractivity contribution < 1.29 is 14.4 Å². The predicted molar refractivity (Wildman–Crippen MR) is 87.5 cm³/mol. The van der Waals surface area contributed by atoms with E-state index in [-0.39, 0.29) is 23.5 Å². The molecule has 0 unspecified atom stereocenters. The predicted octanol–water partition coefficient (Wildman–Crippen LogP) is 2.65. The Morgan fingerprint density at radius 1 is 0.750 bits per heavy atom. The molecule has 2 amide bonds. The van der Waals surface area contributed by atoms with Crippen molar-refractivity contribution in [2.75, 3.05) is 4.90 Å². The van der Waals surface area contributed by atoms with Crippen LogP contribution in [-0.2, 0) is 14.4 Å². The van der Waals surface area contributed by atoms with Crippen LogP contribution in [0.2, 0.25) is 0 Å². The summed E-state index contributed by atoms with van der Waals surface area (Å²) in [6.45, 7) is 0. The van der Waals surface area contributed by atoms with Crippen LogP contribution in [0, 0.1) is 11.8 Å². The average molecular weight is 317 g/mol. The van der Waals surface area contributed by atoms with Gasteiger partial charge in [0, 0.05) is 12.3 Å². The number of hydrogen-bond donors (Lipinski definition) is 0. The number of fused-ring (bicyclic) bond motifs is 1. The average Bonchev–Trinajstić information content (AvgIpc) is 2.88. The van der Waals surface area contributed by atoms with Crippen LogP contribution in [0.15, 0.2) is 54.6 Å². The molecule has 1 aliphatic heterocycles. The van der Waals surface area contributed by atoms with Gasteiger partial charge < -0.3 is 0 Å². The third-order valence-corrected chi connectivity index (χ3v) is 5.70. The summed E-state index contributed by atoms with van der Waals surface area (Å²) in [5, 5.41) is 0. The van der Waals surface area contributed by atoms with Gasteiger partial charge in [-0.25, -0.2) is 0 Å². The molecule has 0 aromatic heterocycles. The van der Waals surface area contributed by atoms with Gasteiger partial charge in [-0.05, 0) is 23.3 Å². The summed E-state index contributed by atoms with van der Waals surface area (Å²) < 4.78 is 0. The largest absolute Gasteiger partial charge is 0.299 e. The minimum absolute atomic E-state index is 0.0935. The maximum Gasteiger partial charge on any atom is 0.238 e. The zero-order valence-corrected chi connectivity index (χ0v) is 12.9. The van der Waals surface area contributed by atoms with Crippen LogP contribution in [0.1, 0.15) is 29.4 Å². The van der Waals surface area contributed by atoms with E-state index in [0.717, 1.165) is 11.1 Å². The molecule has 4 heteroatoms. The first-order valence-corrected chi connectivity index (χ1v) is 8.23. The van der Waals surface area contributed by atoms with E-state index in [9.17, 15) is 14.4 Å². The van der Waals surface area contributed by atoms with Gasteiger partial charge in [-0.1, -0.05) is 42.5 Å². The monoisotopic (exact) mass is 317 g/mol. The van der Waals surface area contributed by atoms with Crippen LogP contribution in [-0.4, -0.2) is 17.6 Å². The highest BCUT2D eigenvalue weighted by Crippen LogP contribution is 2.57. The normalized spacial score (nSPS) is 30.5. The lowest BCUT2D eigenvalue weighted by atomic mass is 9.56. The Labute approximate surface area is 139 Å². The van der Waals surface area contributed by atoms with Crippen LogP contribution in [0.5, 0.6) is 0 Å². The van der Waals surface area contributed by atoms with E-state index in [4.69, 9.17) is 0 Å². The highest BCUT2D eigenvalue weighted by atomic mass is 16.2. The number of imide groups is 1. The van der Waals surface area contributed by atoms with Crippen molar-refractivity contribution in [1.29, 1.82) is 0 Å². The van der Waals surface area contributed by atoms with Gasteiger partial charge in [0.05, 0.1) is 23.4 Å². The number of Topliss-reactive ketones (excluding diaryl/α,β-unsaturated/α-hetero) is 1. The Balaban J connectivity index is 1.68. The van der Waals surface area contributed by atoms with E-state index in [0.29, 0.717) is 12.1 Å². The van der Waals surface area contributed by atoms with Gasteiger partial charge in [-0.15, -0.1) is 0 Å². The minimum atomic E-state index is -0.543. The van der Waals surface area contributed by atoms with Gasteiger partial charge >= 0.3 is 0 Å². The van der Waals surface area contributed by atoms with Gasteiger partial charge in [0.1, 0.15) is 5.78 Å². The summed E-state index contributed by atoms with van der Waals surface area (Å²) in [5.74, 6) is -1.89. The highest BCUT2D eigenvalue weighted by molar-refractivity contribution is 6.24. The van der Waals surface area contributed by atoms with E-state index in [1.165, 1.54) is 4.90 Å². The van der Waals surface area contributed by atoms with Crippen LogP contribution in [0.3, 0.4) is 0 Å². The Morgan fingerprint density at radius 2 is 1.38 bits per heavy atom. The zero-order chi connectivity index (χ0) is 16.4. The third kappa shape index (κ3) is 1.55. The second-order valence-electron chi connectivity index (χ2n) is 6.78. The molecule has 1 saturated carbocycles. The minimum Gasteiger partial charge on any atom is -0.299 e. The number of rotatable bonds is 1. The fourth-order valence-electron chi connectivity index (χ4n) is 4.79. The number of para-hydroxylation sites is 1. The lowest BCUT2D eigenvalue weighted by Crippen LogP contribution is -2.44. The van der Waals surface area contributed by atoms with Crippen molar-refractivity contribution in [3.05, 3.63) is 65.7 Å². The number of ketones is 1. The lowest BCUT2D eigenvalue weighted by Gasteiger charge is -2.43. The molecular formula is C20H15NO3.